The summed E-state index contributed by atoms with van der Waals surface area (Å²) in [5.41, 5.74) is -0.564. The van der Waals surface area contributed by atoms with Gasteiger partial charge in [-0.15, -0.1) is 0 Å². The number of hydrogen-bond acceptors (Lipinski definition) is 4. The number of likely N-dealkylation sites (tertiary alicyclic amines) is 1. The summed E-state index contributed by atoms with van der Waals surface area (Å²) in [6, 6.07) is 5.20. The van der Waals surface area contributed by atoms with Crippen LogP contribution in [0.25, 0.3) is 0 Å². The third kappa shape index (κ3) is 3.70. The highest BCUT2D eigenvalue weighted by Crippen LogP contribution is 2.52. The minimum absolute atomic E-state index is 0.0347. The standard InChI is InChI=1S/C19H23F2NO5/c1-26-14-4-3-12(15(7-14)27-2)10-22-6-5-18(17(22)25)8-13(16(23)24)9-19(20,21)11-18/h3-4,7,13H,5-6,8-11H2,1-2H3,(H,23,24)/t13-,18+/m0/s1. The fraction of sp³-hybridized carbons (Fsp3) is 0.579. The molecule has 1 saturated carbocycles. The summed E-state index contributed by atoms with van der Waals surface area (Å²) in [7, 11) is 3.04. The second kappa shape index (κ2) is 6.98. The molecular formula is C19H23F2NO5. The van der Waals surface area contributed by atoms with Crippen molar-refractivity contribution < 1.29 is 33.0 Å². The van der Waals surface area contributed by atoms with Gasteiger partial charge in [0.05, 0.1) is 25.6 Å². The van der Waals surface area contributed by atoms with E-state index < -0.39 is 42.0 Å². The van der Waals surface area contributed by atoms with Gasteiger partial charge in [0.1, 0.15) is 11.5 Å². The molecule has 1 spiro atoms. The minimum atomic E-state index is -3.15. The van der Waals surface area contributed by atoms with Crippen molar-refractivity contribution >= 4 is 11.9 Å². The number of carbonyl (C=O) groups excluding carboxylic acids is 1. The molecule has 3 rings (SSSR count). The number of aliphatic carboxylic acids is 1. The number of nitrogens with zero attached hydrogens (tertiary/aromatic N) is 1. The van der Waals surface area contributed by atoms with Crippen LogP contribution in [0.15, 0.2) is 18.2 Å². The predicted molar refractivity (Wildman–Crippen MR) is 91.9 cm³/mol. The van der Waals surface area contributed by atoms with Crippen molar-refractivity contribution in [2.75, 3.05) is 20.8 Å². The Labute approximate surface area is 156 Å². The van der Waals surface area contributed by atoms with Crippen molar-refractivity contribution in [2.24, 2.45) is 11.3 Å². The highest BCUT2D eigenvalue weighted by Gasteiger charge is 2.58. The van der Waals surface area contributed by atoms with Gasteiger partial charge in [0.25, 0.3) is 0 Å². The van der Waals surface area contributed by atoms with Crippen molar-refractivity contribution in [1.29, 1.82) is 0 Å². The van der Waals surface area contributed by atoms with E-state index in [0.29, 0.717) is 18.0 Å². The van der Waals surface area contributed by atoms with E-state index in [1.165, 1.54) is 19.1 Å². The molecule has 148 valence electrons. The lowest BCUT2D eigenvalue weighted by atomic mass is 9.67. The first-order valence-corrected chi connectivity index (χ1v) is 8.81. The molecule has 1 heterocycles. The lowest BCUT2D eigenvalue weighted by molar-refractivity contribution is -0.163. The van der Waals surface area contributed by atoms with Crippen LogP contribution in [0.4, 0.5) is 8.78 Å². The number of halogens is 2. The molecule has 2 aliphatic rings. The van der Waals surface area contributed by atoms with E-state index >= 15 is 0 Å². The molecule has 1 N–H and O–H groups in total. The van der Waals surface area contributed by atoms with Crippen LogP contribution in [-0.4, -0.2) is 48.6 Å². The highest BCUT2D eigenvalue weighted by molar-refractivity contribution is 5.86. The molecule has 1 aliphatic carbocycles. The Kier molecular flexibility index (Phi) is 5.01. The topological polar surface area (TPSA) is 76.1 Å². The first-order chi connectivity index (χ1) is 12.7. The second-order valence-electron chi connectivity index (χ2n) is 7.41. The fourth-order valence-electron chi connectivity index (χ4n) is 4.30. The summed E-state index contributed by atoms with van der Waals surface area (Å²) < 4.78 is 38.8. The van der Waals surface area contributed by atoms with Crippen LogP contribution < -0.4 is 9.47 Å². The molecule has 1 amide bonds. The summed E-state index contributed by atoms with van der Waals surface area (Å²) in [5, 5.41) is 9.23. The third-order valence-corrected chi connectivity index (χ3v) is 5.59. The molecule has 1 aromatic carbocycles. The molecule has 0 aromatic heterocycles. The Morgan fingerprint density at radius 3 is 2.67 bits per heavy atom. The van der Waals surface area contributed by atoms with Gasteiger partial charge in [-0.3, -0.25) is 9.59 Å². The van der Waals surface area contributed by atoms with Crippen LogP contribution in [-0.2, 0) is 16.1 Å². The number of ether oxygens (including phenoxy) is 2. The van der Waals surface area contributed by atoms with E-state index in [9.17, 15) is 23.5 Å². The Bertz CT molecular complexity index is 754. The zero-order valence-corrected chi connectivity index (χ0v) is 15.3. The average Bonchev–Trinajstić information content (AvgIpc) is 2.89. The smallest absolute Gasteiger partial charge is 0.306 e. The molecule has 0 radical (unpaired) electrons. The number of amides is 1. The number of carboxylic acid groups (broad SMARTS) is 1. The van der Waals surface area contributed by atoms with Crippen molar-refractivity contribution in [1.82, 2.24) is 4.90 Å². The largest absolute Gasteiger partial charge is 0.497 e. The van der Waals surface area contributed by atoms with Gasteiger partial charge < -0.3 is 19.5 Å². The number of benzene rings is 1. The Balaban J connectivity index is 1.81. The van der Waals surface area contributed by atoms with Crippen LogP contribution in [0.3, 0.4) is 0 Å². The van der Waals surface area contributed by atoms with Gasteiger partial charge in [-0.25, -0.2) is 8.78 Å². The summed E-state index contributed by atoms with van der Waals surface area (Å²) in [4.78, 5) is 25.8. The van der Waals surface area contributed by atoms with Gasteiger partial charge in [-0.1, -0.05) is 0 Å². The predicted octanol–water partition coefficient (Wildman–Crippen LogP) is 2.94. The van der Waals surface area contributed by atoms with Crippen LogP contribution in [0.1, 0.15) is 31.2 Å². The van der Waals surface area contributed by atoms with Gasteiger partial charge >= 0.3 is 5.97 Å². The number of carboxylic acids is 1. The normalized spacial score (nSPS) is 27.0. The molecule has 0 unspecified atom stereocenters. The molecule has 2 atom stereocenters. The van der Waals surface area contributed by atoms with Crippen LogP contribution in [0, 0.1) is 11.3 Å². The monoisotopic (exact) mass is 383 g/mol. The summed E-state index contributed by atoms with van der Waals surface area (Å²) in [6.07, 6.45) is -1.08. The average molecular weight is 383 g/mol. The maximum Gasteiger partial charge on any atom is 0.306 e. The summed E-state index contributed by atoms with van der Waals surface area (Å²) in [6.45, 7) is 0.535. The summed E-state index contributed by atoms with van der Waals surface area (Å²) in [5.74, 6) is -4.86. The SMILES string of the molecule is COc1ccc(CN2CC[C@]3(C[C@H](C(=O)O)CC(F)(F)C3)C2=O)c(OC)c1. The number of carbonyl (C=O) groups is 2. The Hall–Kier alpha value is -2.38. The lowest BCUT2D eigenvalue weighted by Gasteiger charge is -2.39. The van der Waals surface area contributed by atoms with Crippen molar-refractivity contribution in [3.05, 3.63) is 23.8 Å². The molecule has 27 heavy (non-hydrogen) atoms. The van der Waals surface area contributed by atoms with Crippen molar-refractivity contribution in [3.63, 3.8) is 0 Å². The maximum absolute atomic E-state index is 14.2. The van der Waals surface area contributed by atoms with E-state index in [0.717, 1.165) is 5.56 Å². The quantitative estimate of drug-likeness (QED) is 0.846. The molecule has 1 saturated heterocycles. The third-order valence-electron chi connectivity index (χ3n) is 5.59. The molecule has 1 aliphatic heterocycles. The van der Waals surface area contributed by atoms with E-state index in [1.807, 2.05) is 0 Å². The zero-order chi connectivity index (χ0) is 19.8. The number of rotatable bonds is 5. The highest BCUT2D eigenvalue weighted by atomic mass is 19.3. The maximum atomic E-state index is 14.2. The van der Waals surface area contributed by atoms with Crippen molar-refractivity contribution in [3.8, 4) is 11.5 Å². The number of methoxy groups -OCH3 is 2. The van der Waals surface area contributed by atoms with E-state index in [1.54, 1.807) is 18.2 Å². The fourth-order valence-corrected chi connectivity index (χ4v) is 4.30. The molecule has 6 nitrogen and oxygen atoms in total. The van der Waals surface area contributed by atoms with E-state index in [2.05, 4.69) is 0 Å². The van der Waals surface area contributed by atoms with Crippen LogP contribution in [0.5, 0.6) is 11.5 Å². The molecule has 0 bridgehead atoms. The van der Waals surface area contributed by atoms with Crippen molar-refractivity contribution in [2.45, 2.75) is 38.2 Å². The molecule has 1 aromatic rings. The number of alkyl halides is 2. The zero-order valence-electron chi connectivity index (χ0n) is 15.3. The minimum Gasteiger partial charge on any atom is -0.497 e. The first-order valence-electron chi connectivity index (χ1n) is 8.81. The second-order valence-corrected chi connectivity index (χ2v) is 7.41. The molecule has 2 fully saturated rings. The molecule has 8 heteroatoms. The van der Waals surface area contributed by atoms with E-state index in [4.69, 9.17) is 9.47 Å². The first kappa shape index (κ1) is 19.4. The lowest BCUT2D eigenvalue weighted by Crippen LogP contribution is -2.46. The molecular weight excluding hydrogens is 360 g/mol. The van der Waals surface area contributed by atoms with Gasteiger partial charge in [-0.05, 0) is 25.0 Å². The van der Waals surface area contributed by atoms with E-state index in [-0.39, 0.29) is 19.4 Å². The van der Waals surface area contributed by atoms with Gasteiger partial charge in [0.15, 0.2) is 0 Å². The number of hydrogen-bond donors (Lipinski definition) is 1. The van der Waals surface area contributed by atoms with Crippen LogP contribution in [0.2, 0.25) is 0 Å². The van der Waals surface area contributed by atoms with Gasteiger partial charge in [0, 0.05) is 37.6 Å². The van der Waals surface area contributed by atoms with Gasteiger partial charge in [0.2, 0.25) is 11.8 Å². The Morgan fingerprint density at radius 2 is 2.04 bits per heavy atom. The van der Waals surface area contributed by atoms with Gasteiger partial charge in [-0.2, -0.15) is 0 Å². The summed E-state index contributed by atoms with van der Waals surface area (Å²) >= 11 is 0. The Morgan fingerprint density at radius 1 is 1.30 bits per heavy atom. The van der Waals surface area contributed by atoms with Crippen LogP contribution >= 0.6 is 0 Å².